The lowest BCUT2D eigenvalue weighted by Gasteiger charge is -2.27. The molecule has 1 heterocycles. The monoisotopic (exact) mass is 464 g/mol. The fourth-order valence-corrected chi connectivity index (χ4v) is 3.99. The van der Waals surface area contributed by atoms with E-state index in [4.69, 9.17) is 9.47 Å². The molecule has 0 radical (unpaired) electrons. The molecule has 0 spiro atoms. The molecule has 0 fully saturated rings. The van der Waals surface area contributed by atoms with Gasteiger partial charge in [-0.15, -0.1) is 0 Å². The molecule has 2 aromatic carbocycles. The molecule has 1 aliphatic rings. The molecule has 0 bridgehead atoms. The zero-order valence-corrected chi connectivity index (χ0v) is 20.2. The predicted octanol–water partition coefficient (Wildman–Crippen LogP) is 4.02. The largest absolute Gasteiger partial charge is 0.503 e. The van der Waals surface area contributed by atoms with Crippen LogP contribution in [0, 0.1) is 0 Å². The van der Waals surface area contributed by atoms with Gasteiger partial charge in [-0.2, -0.15) is 0 Å². The topological polar surface area (TPSA) is 79.3 Å². The molecule has 1 aliphatic heterocycles. The first-order valence-electron chi connectivity index (χ1n) is 11.3. The number of amides is 1. The summed E-state index contributed by atoms with van der Waals surface area (Å²) < 4.78 is 11.1. The van der Waals surface area contributed by atoms with Gasteiger partial charge in [0, 0.05) is 6.54 Å². The number of ketones is 1. The number of aliphatic hydroxyl groups is 1. The molecule has 3 rings (SSSR count). The maximum Gasteiger partial charge on any atom is 0.290 e. The first kappa shape index (κ1) is 25.1. The number of aliphatic hydroxyl groups excluding tert-OH is 1. The van der Waals surface area contributed by atoms with E-state index in [9.17, 15) is 14.7 Å². The molecular formula is C27H32N2O5. The second kappa shape index (κ2) is 11.5. The van der Waals surface area contributed by atoms with Gasteiger partial charge in [0.1, 0.15) is 0 Å². The van der Waals surface area contributed by atoms with Crippen molar-refractivity contribution in [3.8, 4) is 11.5 Å². The van der Waals surface area contributed by atoms with Crippen LogP contribution in [0.2, 0.25) is 0 Å². The van der Waals surface area contributed by atoms with Crippen LogP contribution in [-0.2, 0) is 9.59 Å². The minimum atomic E-state index is -0.729. The molecule has 2 aromatic rings. The standard InChI is InChI=1S/C27H32N2O5/c1-5-34-22-15-13-20(18-23(22)33-4)25-24(21(30)14-12-19-10-7-6-8-11-19)26(31)27(32)29(25)17-9-16-28(2)3/h6-8,10-15,18,25,31H,5,9,16-17H2,1-4H3. The van der Waals surface area contributed by atoms with Crippen molar-refractivity contribution in [2.45, 2.75) is 19.4 Å². The van der Waals surface area contributed by atoms with Crippen LogP contribution < -0.4 is 9.47 Å². The summed E-state index contributed by atoms with van der Waals surface area (Å²) >= 11 is 0. The number of benzene rings is 2. The first-order valence-corrected chi connectivity index (χ1v) is 11.3. The van der Waals surface area contributed by atoms with Gasteiger partial charge in [-0.1, -0.05) is 42.5 Å². The highest BCUT2D eigenvalue weighted by atomic mass is 16.5. The molecule has 7 heteroatoms. The number of allylic oxidation sites excluding steroid dienone is 1. The average Bonchev–Trinajstić information content (AvgIpc) is 3.08. The van der Waals surface area contributed by atoms with E-state index in [0.717, 1.165) is 12.1 Å². The Labute approximate surface area is 200 Å². The fraction of sp³-hybridized carbons (Fsp3) is 0.333. The molecule has 7 nitrogen and oxygen atoms in total. The summed E-state index contributed by atoms with van der Waals surface area (Å²) in [6.07, 6.45) is 3.77. The number of ether oxygens (including phenoxy) is 2. The summed E-state index contributed by atoms with van der Waals surface area (Å²) in [4.78, 5) is 29.9. The number of hydrogen-bond donors (Lipinski definition) is 1. The Hall–Kier alpha value is -3.58. The zero-order valence-electron chi connectivity index (χ0n) is 20.2. The van der Waals surface area contributed by atoms with Crippen LogP contribution in [-0.4, -0.2) is 67.5 Å². The highest BCUT2D eigenvalue weighted by Gasteiger charge is 2.42. The van der Waals surface area contributed by atoms with Crippen molar-refractivity contribution in [2.75, 3.05) is 40.9 Å². The Bertz CT molecular complexity index is 1080. The summed E-state index contributed by atoms with van der Waals surface area (Å²) in [5.74, 6) is -0.401. The molecule has 0 aliphatic carbocycles. The van der Waals surface area contributed by atoms with Gasteiger partial charge in [0.25, 0.3) is 5.91 Å². The van der Waals surface area contributed by atoms with Gasteiger partial charge in [0.15, 0.2) is 23.0 Å². The lowest BCUT2D eigenvalue weighted by Crippen LogP contribution is -2.33. The lowest BCUT2D eigenvalue weighted by molar-refractivity contribution is -0.129. The molecule has 1 atom stereocenters. The highest BCUT2D eigenvalue weighted by molar-refractivity contribution is 6.14. The second-order valence-electron chi connectivity index (χ2n) is 8.27. The average molecular weight is 465 g/mol. The zero-order chi connectivity index (χ0) is 24.7. The lowest BCUT2D eigenvalue weighted by atomic mass is 9.95. The number of nitrogens with zero attached hydrogens (tertiary/aromatic N) is 2. The van der Waals surface area contributed by atoms with Crippen LogP contribution in [0.25, 0.3) is 6.08 Å². The molecule has 0 aromatic heterocycles. The van der Waals surface area contributed by atoms with E-state index in [1.807, 2.05) is 56.3 Å². The molecular weight excluding hydrogens is 432 g/mol. The van der Waals surface area contributed by atoms with Crippen molar-refractivity contribution in [1.82, 2.24) is 9.80 Å². The maximum absolute atomic E-state index is 13.3. The number of rotatable bonds is 11. The highest BCUT2D eigenvalue weighted by Crippen LogP contribution is 2.41. The van der Waals surface area contributed by atoms with Crippen LogP contribution in [0.5, 0.6) is 11.5 Å². The third-order valence-corrected chi connectivity index (χ3v) is 5.60. The Morgan fingerprint density at radius 3 is 2.53 bits per heavy atom. The van der Waals surface area contributed by atoms with Crippen LogP contribution in [0.3, 0.4) is 0 Å². The Kier molecular flexibility index (Phi) is 8.49. The van der Waals surface area contributed by atoms with Crippen molar-refractivity contribution >= 4 is 17.8 Å². The smallest absolute Gasteiger partial charge is 0.290 e. The summed E-state index contributed by atoms with van der Waals surface area (Å²) in [5, 5.41) is 10.8. The molecule has 0 saturated carbocycles. The van der Waals surface area contributed by atoms with E-state index in [-0.39, 0.29) is 5.57 Å². The van der Waals surface area contributed by atoms with Gasteiger partial charge in [0.2, 0.25) is 0 Å². The first-order chi connectivity index (χ1) is 16.4. The normalized spacial score (nSPS) is 16.1. The Balaban J connectivity index is 2.00. The third kappa shape index (κ3) is 5.66. The second-order valence-corrected chi connectivity index (χ2v) is 8.27. The van der Waals surface area contributed by atoms with E-state index < -0.39 is 23.5 Å². The van der Waals surface area contributed by atoms with E-state index in [2.05, 4.69) is 0 Å². The van der Waals surface area contributed by atoms with E-state index in [1.54, 1.807) is 29.2 Å². The van der Waals surface area contributed by atoms with Crippen molar-refractivity contribution in [3.63, 3.8) is 0 Å². The van der Waals surface area contributed by atoms with Crippen molar-refractivity contribution in [1.29, 1.82) is 0 Å². The van der Waals surface area contributed by atoms with Crippen LogP contribution in [0.15, 0.2) is 65.9 Å². The van der Waals surface area contributed by atoms with E-state index in [0.29, 0.717) is 36.6 Å². The van der Waals surface area contributed by atoms with Gasteiger partial charge < -0.3 is 24.4 Å². The maximum atomic E-state index is 13.3. The van der Waals surface area contributed by atoms with Crippen LogP contribution in [0.1, 0.15) is 30.5 Å². The number of carbonyl (C=O) groups is 2. The molecule has 1 amide bonds. The molecule has 1 N–H and O–H groups in total. The molecule has 34 heavy (non-hydrogen) atoms. The van der Waals surface area contributed by atoms with E-state index in [1.165, 1.54) is 13.2 Å². The summed E-state index contributed by atoms with van der Waals surface area (Å²) in [7, 11) is 5.46. The SMILES string of the molecule is CCOc1ccc(C2C(C(=O)C=Cc3ccccc3)=C(O)C(=O)N2CCCN(C)C)cc1OC. The third-order valence-electron chi connectivity index (χ3n) is 5.60. The number of methoxy groups -OCH3 is 1. The van der Waals surface area contributed by atoms with Crippen LogP contribution >= 0.6 is 0 Å². The van der Waals surface area contributed by atoms with Gasteiger partial charge in [0.05, 0.1) is 25.3 Å². The van der Waals surface area contributed by atoms with Gasteiger partial charge in [-0.3, -0.25) is 9.59 Å². The Morgan fingerprint density at radius 1 is 1.15 bits per heavy atom. The number of hydrogen-bond acceptors (Lipinski definition) is 6. The quantitative estimate of drug-likeness (QED) is 0.506. The predicted molar refractivity (Wildman–Crippen MR) is 132 cm³/mol. The van der Waals surface area contributed by atoms with Crippen molar-refractivity contribution in [3.05, 3.63) is 77.1 Å². The summed E-state index contributed by atoms with van der Waals surface area (Å²) in [6.45, 7) is 3.51. The van der Waals surface area contributed by atoms with Crippen molar-refractivity contribution < 1.29 is 24.2 Å². The van der Waals surface area contributed by atoms with Gasteiger partial charge in [-0.05, 0) is 63.3 Å². The van der Waals surface area contributed by atoms with E-state index >= 15 is 0 Å². The minimum Gasteiger partial charge on any atom is -0.503 e. The summed E-state index contributed by atoms with van der Waals surface area (Å²) in [5.41, 5.74) is 1.58. The summed E-state index contributed by atoms with van der Waals surface area (Å²) in [6, 6.07) is 14.0. The van der Waals surface area contributed by atoms with Crippen LogP contribution in [0.4, 0.5) is 0 Å². The van der Waals surface area contributed by atoms with Gasteiger partial charge in [-0.25, -0.2) is 0 Å². The molecule has 0 saturated heterocycles. The van der Waals surface area contributed by atoms with Crippen molar-refractivity contribution in [2.24, 2.45) is 0 Å². The number of carbonyl (C=O) groups excluding carboxylic acids is 2. The molecule has 180 valence electrons. The fourth-order valence-electron chi connectivity index (χ4n) is 3.99. The minimum absolute atomic E-state index is 0.0632. The van der Waals surface area contributed by atoms with Gasteiger partial charge >= 0.3 is 0 Å². The Morgan fingerprint density at radius 2 is 1.88 bits per heavy atom. The molecule has 1 unspecified atom stereocenters.